The minimum Gasteiger partial charge on any atom is -0.307 e. The molecule has 0 atom stereocenters. The second kappa shape index (κ2) is 4.52. The Balaban J connectivity index is 2.22. The molecule has 3 rings (SSSR count). The molecule has 1 aliphatic rings. The Morgan fingerprint density at radius 1 is 1.20 bits per heavy atom. The Bertz CT molecular complexity index is 667. The van der Waals surface area contributed by atoms with E-state index in [2.05, 4.69) is 20.3 Å². The summed E-state index contributed by atoms with van der Waals surface area (Å²) in [5.74, 6) is 0.0258. The third kappa shape index (κ3) is 2.14. The average molecular weight is 280 g/mol. The van der Waals surface area contributed by atoms with Gasteiger partial charge < -0.3 is 5.32 Å². The number of hydrogen-bond donors (Lipinski definition) is 1. The molecule has 104 valence electrons. The fraction of sp³-hybridized carbons (Fsp3) is 0.308. The van der Waals surface area contributed by atoms with Crippen molar-refractivity contribution in [2.24, 2.45) is 0 Å². The standard InChI is InChI=1S/C13H11F3N4/c1-7-3-2-4-18-10(7)12-19-9-6-17-5-8(9)11(20-12)13(14,15)16/h2-4,17H,5-6H2,1H3. The van der Waals surface area contributed by atoms with Crippen LogP contribution in [0.5, 0.6) is 0 Å². The van der Waals surface area contributed by atoms with Crippen molar-refractivity contribution in [2.75, 3.05) is 0 Å². The maximum Gasteiger partial charge on any atom is 0.433 e. The van der Waals surface area contributed by atoms with Gasteiger partial charge in [-0.3, -0.25) is 4.98 Å². The van der Waals surface area contributed by atoms with E-state index in [0.29, 0.717) is 17.9 Å². The maximum atomic E-state index is 13.1. The first-order chi connectivity index (χ1) is 9.47. The largest absolute Gasteiger partial charge is 0.433 e. The third-order valence-electron chi connectivity index (χ3n) is 3.18. The molecule has 0 aromatic carbocycles. The van der Waals surface area contributed by atoms with Crippen LogP contribution < -0.4 is 5.32 Å². The van der Waals surface area contributed by atoms with Crippen molar-refractivity contribution in [1.82, 2.24) is 20.3 Å². The Kier molecular flexibility index (Phi) is 2.93. The van der Waals surface area contributed by atoms with Crippen LogP contribution in [-0.2, 0) is 19.3 Å². The van der Waals surface area contributed by atoms with Crippen LogP contribution in [0.2, 0.25) is 0 Å². The first-order valence-corrected chi connectivity index (χ1v) is 6.06. The second-order valence-electron chi connectivity index (χ2n) is 4.59. The van der Waals surface area contributed by atoms with Crippen molar-refractivity contribution in [3.05, 3.63) is 40.8 Å². The van der Waals surface area contributed by atoms with Gasteiger partial charge in [-0.1, -0.05) is 6.07 Å². The van der Waals surface area contributed by atoms with E-state index in [0.717, 1.165) is 5.56 Å². The lowest BCUT2D eigenvalue weighted by molar-refractivity contribution is -0.141. The van der Waals surface area contributed by atoms with Gasteiger partial charge >= 0.3 is 6.18 Å². The fourth-order valence-corrected chi connectivity index (χ4v) is 2.23. The highest BCUT2D eigenvalue weighted by Gasteiger charge is 2.38. The molecule has 0 unspecified atom stereocenters. The molecule has 3 heterocycles. The van der Waals surface area contributed by atoms with Crippen molar-refractivity contribution >= 4 is 0 Å². The number of hydrogen-bond acceptors (Lipinski definition) is 4. The smallest absolute Gasteiger partial charge is 0.307 e. The predicted molar refractivity (Wildman–Crippen MR) is 65.5 cm³/mol. The van der Waals surface area contributed by atoms with E-state index in [4.69, 9.17) is 0 Å². The van der Waals surface area contributed by atoms with Gasteiger partial charge in [-0.05, 0) is 18.6 Å². The van der Waals surface area contributed by atoms with Crippen LogP contribution in [0.15, 0.2) is 18.3 Å². The van der Waals surface area contributed by atoms with Gasteiger partial charge in [-0.25, -0.2) is 9.97 Å². The minimum absolute atomic E-state index is 0.0258. The number of nitrogens with one attached hydrogen (secondary N) is 1. The van der Waals surface area contributed by atoms with Gasteiger partial charge in [0, 0.05) is 24.8 Å². The molecule has 4 nitrogen and oxygen atoms in total. The molecule has 1 aliphatic heterocycles. The van der Waals surface area contributed by atoms with Crippen molar-refractivity contribution in [1.29, 1.82) is 0 Å². The van der Waals surface area contributed by atoms with E-state index in [1.165, 1.54) is 6.20 Å². The Morgan fingerprint density at radius 2 is 2.00 bits per heavy atom. The zero-order valence-electron chi connectivity index (χ0n) is 10.6. The van der Waals surface area contributed by atoms with Crippen molar-refractivity contribution in [2.45, 2.75) is 26.2 Å². The number of rotatable bonds is 1. The lowest BCUT2D eigenvalue weighted by atomic mass is 10.1. The van der Waals surface area contributed by atoms with E-state index < -0.39 is 11.9 Å². The highest BCUT2D eigenvalue weighted by Crippen LogP contribution is 2.34. The molecule has 0 radical (unpaired) electrons. The molecule has 0 bridgehead atoms. The van der Waals surface area contributed by atoms with Crippen LogP contribution in [-0.4, -0.2) is 15.0 Å². The number of pyridine rings is 1. The quantitative estimate of drug-likeness (QED) is 0.872. The van der Waals surface area contributed by atoms with E-state index in [1.807, 2.05) is 0 Å². The summed E-state index contributed by atoms with van der Waals surface area (Å²) in [5, 5.41) is 2.87. The number of aromatic nitrogens is 3. The van der Waals surface area contributed by atoms with Crippen LogP contribution in [0, 0.1) is 6.92 Å². The fourth-order valence-electron chi connectivity index (χ4n) is 2.23. The molecule has 0 saturated carbocycles. The molecule has 7 heteroatoms. The maximum absolute atomic E-state index is 13.1. The number of alkyl halides is 3. The average Bonchev–Trinajstić information content (AvgIpc) is 2.85. The first-order valence-electron chi connectivity index (χ1n) is 6.06. The zero-order chi connectivity index (χ0) is 14.3. The van der Waals surface area contributed by atoms with Crippen LogP contribution in [0.25, 0.3) is 11.5 Å². The van der Waals surface area contributed by atoms with Crippen LogP contribution in [0.1, 0.15) is 22.5 Å². The van der Waals surface area contributed by atoms with Crippen LogP contribution in [0.3, 0.4) is 0 Å². The highest BCUT2D eigenvalue weighted by molar-refractivity contribution is 5.55. The Hall–Kier alpha value is -2.02. The molecule has 0 fully saturated rings. The topological polar surface area (TPSA) is 50.7 Å². The van der Waals surface area contributed by atoms with E-state index >= 15 is 0 Å². The number of aryl methyl sites for hydroxylation is 1. The highest BCUT2D eigenvalue weighted by atomic mass is 19.4. The van der Waals surface area contributed by atoms with Gasteiger partial charge in [0.2, 0.25) is 0 Å². The monoisotopic (exact) mass is 280 g/mol. The Labute approximate surface area is 113 Å². The van der Waals surface area contributed by atoms with Crippen molar-refractivity contribution in [3.63, 3.8) is 0 Å². The Morgan fingerprint density at radius 3 is 2.70 bits per heavy atom. The summed E-state index contributed by atoms with van der Waals surface area (Å²) in [4.78, 5) is 12.0. The van der Waals surface area contributed by atoms with Crippen LogP contribution >= 0.6 is 0 Å². The summed E-state index contributed by atoms with van der Waals surface area (Å²) < 4.78 is 39.3. The number of fused-ring (bicyclic) bond motifs is 1. The van der Waals surface area contributed by atoms with Gasteiger partial charge in [0.1, 0.15) is 5.69 Å². The SMILES string of the molecule is Cc1cccnc1-c1nc2c(c(C(F)(F)F)n1)CNC2. The molecule has 0 saturated heterocycles. The molecule has 2 aromatic heterocycles. The normalized spacial score (nSPS) is 14.4. The lowest BCUT2D eigenvalue weighted by Gasteiger charge is -2.12. The van der Waals surface area contributed by atoms with Crippen molar-refractivity contribution in [3.8, 4) is 11.5 Å². The zero-order valence-corrected chi connectivity index (χ0v) is 10.6. The van der Waals surface area contributed by atoms with Crippen molar-refractivity contribution < 1.29 is 13.2 Å². The van der Waals surface area contributed by atoms with Gasteiger partial charge in [0.15, 0.2) is 11.5 Å². The van der Waals surface area contributed by atoms with Crippen LogP contribution in [0.4, 0.5) is 13.2 Å². The summed E-state index contributed by atoms with van der Waals surface area (Å²) in [6.07, 6.45) is -2.97. The van der Waals surface area contributed by atoms with E-state index in [1.54, 1.807) is 19.1 Å². The summed E-state index contributed by atoms with van der Waals surface area (Å²) in [5.41, 5.74) is 0.786. The first kappa shape index (κ1) is 13.0. The van der Waals surface area contributed by atoms with E-state index in [9.17, 15) is 13.2 Å². The van der Waals surface area contributed by atoms with E-state index in [-0.39, 0.29) is 17.9 Å². The predicted octanol–water partition coefficient (Wildman–Crippen LogP) is 2.47. The lowest BCUT2D eigenvalue weighted by Crippen LogP contribution is -2.15. The number of nitrogens with zero attached hydrogens (tertiary/aromatic N) is 3. The van der Waals surface area contributed by atoms with Gasteiger partial charge in [0.25, 0.3) is 0 Å². The molecule has 0 aliphatic carbocycles. The molecule has 0 amide bonds. The number of halogens is 3. The summed E-state index contributed by atoms with van der Waals surface area (Å²) in [6.45, 7) is 2.23. The van der Waals surface area contributed by atoms with Gasteiger partial charge in [-0.2, -0.15) is 13.2 Å². The molecular formula is C13H11F3N4. The summed E-state index contributed by atoms with van der Waals surface area (Å²) in [6, 6.07) is 3.49. The van der Waals surface area contributed by atoms with Gasteiger partial charge in [-0.15, -0.1) is 0 Å². The summed E-state index contributed by atoms with van der Waals surface area (Å²) >= 11 is 0. The molecule has 0 spiro atoms. The third-order valence-corrected chi connectivity index (χ3v) is 3.18. The molecule has 2 aromatic rings. The summed E-state index contributed by atoms with van der Waals surface area (Å²) in [7, 11) is 0. The molecular weight excluding hydrogens is 269 g/mol. The molecule has 1 N–H and O–H groups in total. The second-order valence-corrected chi connectivity index (χ2v) is 4.59. The van der Waals surface area contributed by atoms with Gasteiger partial charge in [0.05, 0.1) is 5.69 Å². The molecule has 20 heavy (non-hydrogen) atoms. The minimum atomic E-state index is -4.49.